The van der Waals surface area contributed by atoms with E-state index in [4.69, 9.17) is 0 Å². The van der Waals surface area contributed by atoms with Gasteiger partial charge in [-0.3, -0.25) is 4.90 Å². The van der Waals surface area contributed by atoms with Crippen molar-refractivity contribution < 1.29 is 26.3 Å². The summed E-state index contributed by atoms with van der Waals surface area (Å²) in [5.74, 6) is 2.26. The average Bonchev–Trinajstić information content (AvgIpc) is 3.73. The van der Waals surface area contributed by atoms with E-state index in [-0.39, 0.29) is 0 Å². The Morgan fingerprint density at radius 2 is 1.07 bits per heavy atom. The highest BCUT2D eigenvalue weighted by Crippen LogP contribution is 2.44. The lowest BCUT2D eigenvalue weighted by Crippen LogP contribution is -2.60. The summed E-state index contributed by atoms with van der Waals surface area (Å²) in [6.45, 7) is 14.8. The van der Waals surface area contributed by atoms with Gasteiger partial charge in [0.25, 0.3) is 0 Å². The van der Waals surface area contributed by atoms with Crippen LogP contribution in [0.2, 0.25) is 0 Å². The third-order valence-electron chi connectivity index (χ3n) is 11.8. The van der Waals surface area contributed by atoms with E-state index in [1.807, 2.05) is 6.07 Å². The lowest BCUT2D eigenvalue weighted by molar-refractivity contribution is -0.127. The maximum atomic E-state index is 12.8. The maximum absolute atomic E-state index is 12.8. The molecule has 4 aliphatic rings. The van der Waals surface area contributed by atoms with Crippen molar-refractivity contribution in [3.8, 4) is 0 Å². The second kappa shape index (κ2) is 15.9. The number of benzene rings is 1. The molecule has 306 valence electrons. The smallest absolute Gasteiger partial charge is 0.356 e. The quantitative estimate of drug-likeness (QED) is 0.144. The fraction of sp³-hybridized carbons (Fsp3) is 0.561. The summed E-state index contributed by atoms with van der Waals surface area (Å²) in [4.78, 5) is 28.6. The Morgan fingerprint density at radius 1 is 0.632 bits per heavy atom. The molecule has 0 N–H and O–H groups in total. The van der Waals surface area contributed by atoms with E-state index in [1.165, 1.54) is 31.3 Å². The third-order valence-corrected chi connectivity index (χ3v) is 13.9. The first-order chi connectivity index (χ1) is 27.1. The minimum absolute atomic E-state index is 0.295. The standard InChI is InChI=1S/C22H23F3N4S.C19H25F3N4S/c23-22(24,25)11-17-10-18-19(26-15-27-20(18)30-17)29-8-6-21(7-9-29)13-28(14-21)12-16-4-2-1-3-5-16;1-13(2)9-25-10-18(11-25)3-5-26(6-4-18)16-15-7-14(8-19(20,21)22)27-17(15)24-12-23-16/h1-5,10,15H,6-9,11-14H2;7,12-13H,3-6,8-11H2,1-2H3. The van der Waals surface area contributed by atoms with E-state index in [9.17, 15) is 26.3 Å². The minimum atomic E-state index is -4.21. The Morgan fingerprint density at radius 3 is 1.49 bits per heavy atom. The van der Waals surface area contributed by atoms with Gasteiger partial charge in [0, 0.05) is 75.2 Å². The van der Waals surface area contributed by atoms with Gasteiger partial charge in [0.05, 0.1) is 23.6 Å². The van der Waals surface area contributed by atoms with Crippen LogP contribution in [0, 0.1) is 16.7 Å². The number of aromatic nitrogens is 4. The van der Waals surface area contributed by atoms with Crippen LogP contribution in [0.15, 0.2) is 55.1 Å². The predicted molar refractivity (Wildman–Crippen MR) is 215 cm³/mol. The van der Waals surface area contributed by atoms with Crippen LogP contribution in [0.3, 0.4) is 0 Å². The van der Waals surface area contributed by atoms with E-state index in [2.05, 4.69) is 77.6 Å². The fourth-order valence-electron chi connectivity index (χ4n) is 9.28. The SMILES string of the molecule is CC(C)CN1CC2(CCN(c3ncnc4sc(CC(F)(F)F)cc34)CC2)C1.FC(F)(F)Cc1cc2c(N3CCC4(CC3)CN(Cc3ccccc3)C4)ncnc2s1. The van der Waals surface area contributed by atoms with Gasteiger partial charge in [-0.05, 0) is 60.1 Å². The van der Waals surface area contributed by atoms with E-state index in [1.54, 1.807) is 12.1 Å². The molecule has 0 amide bonds. The normalized spacial score (nSPS) is 19.9. The average molecular weight is 831 g/mol. The van der Waals surface area contributed by atoms with Gasteiger partial charge in [0.1, 0.15) is 34.0 Å². The summed E-state index contributed by atoms with van der Waals surface area (Å²) >= 11 is 2.23. The van der Waals surface area contributed by atoms with Gasteiger partial charge in [0.15, 0.2) is 0 Å². The van der Waals surface area contributed by atoms with Crippen molar-refractivity contribution in [3.05, 3.63) is 70.4 Å². The molecular formula is C41H48F6N8S2. The van der Waals surface area contributed by atoms with Gasteiger partial charge in [-0.1, -0.05) is 44.2 Å². The van der Waals surface area contributed by atoms with Gasteiger partial charge in [-0.25, -0.2) is 19.9 Å². The van der Waals surface area contributed by atoms with Crippen LogP contribution >= 0.6 is 22.7 Å². The summed E-state index contributed by atoms with van der Waals surface area (Å²) in [7, 11) is 0. The van der Waals surface area contributed by atoms with Crippen molar-refractivity contribution in [1.82, 2.24) is 29.7 Å². The number of anilines is 2. The Bertz CT molecular complexity index is 2120. The van der Waals surface area contributed by atoms with Crippen LogP contribution in [0.25, 0.3) is 20.4 Å². The number of rotatable bonds is 8. The van der Waals surface area contributed by atoms with E-state index < -0.39 is 25.2 Å². The number of fused-ring (bicyclic) bond motifs is 2. The Labute approximate surface area is 336 Å². The number of piperidine rings is 2. The van der Waals surface area contributed by atoms with E-state index in [0.29, 0.717) is 36.2 Å². The molecule has 8 nitrogen and oxygen atoms in total. The van der Waals surface area contributed by atoms with Crippen molar-refractivity contribution in [3.63, 3.8) is 0 Å². The summed E-state index contributed by atoms with van der Waals surface area (Å²) in [5.41, 5.74) is 2.14. The third kappa shape index (κ3) is 9.49. The highest BCUT2D eigenvalue weighted by atomic mass is 32.1. The van der Waals surface area contributed by atoms with Gasteiger partial charge in [-0.15, -0.1) is 22.7 Å². The molecule has 8 heterocycles. The molecule has 9 rings (SSSR count). The number of hydrogen-bond donors (Lipinski definition) is 0. The van der Waals surface area contributed by atoms with Gasteiger partial charge in [-0.2, -0.15) is 26.3 Å². The molecule has 4 aromatic heterocycles. The molecule has 0 unspecified atom stereocenters. The molecule has 16 heteroatoms. The molecule has 2 spiro atoms. The zero-order valence-corrected chi connectivity index (χ0v) is 33.9. The molecule has 1 aromatic carbocycles. The van der Waals surface area contributed by atoms with Crippen LogP contribution in [0.1, 0.15) is 54.8 Å². The van der Waals surface area contributed by atoms with Crippen molar-refractivity contribution in [2.24, 2.45) is 16.7 Å². The van der Waals surface area contributed by atoms with E-state index >= 15 is 0 Å². The molecule has 5 aromatic rings. The van der Waals surface area contributed by atoms with Crippen molar-refractivity contribution >= 4 is 54.7 Å². The van der Waals surface area contributed by atoms with Crippen LogP contribution < -0.4 is 9.80 Å². The Kier molecular flexibility index (Phi) is 11.2. The lowest BCUT2D eigenvalue weighted by Gasteiger charge is -2.54. The van der Waals surface area contributed by atoms with E-state index in [0.717, 1.165) is 123 Å². The minimum Gasteiger partial charge on any atom is -0.356 e. The molecule has 0 aliphatic carbocycles. The van der Waals surface area contributed by atoms with Crippen LogP contribution in [0.5, 0.6) is 0 Å². The first-order valence-electron chi connectivity index (χ1n) is 19.7. The highest BCUT2D eigenvalue weighted by Gasteiger charge is 2.46. The molecule has 4 fully saturated rings. The predicted octanol–water partition coefficient (Wildman–Crippen LogP) is 9.25. The molecule has 4 aliphatic heterocycles. The molecule has 0 atom stereocenters. The fourth-order valence-corrected chi connectivity index (χ4v) is 11.3. The first kappa shape index (κ1) is 40.2. The number of halogens is 6. The second-order valence-electron chi connectivity index (χ2n) is 17.0. The summed E-state index contributed by atoms with van der Waals surface area (Å²) in [6.07, 6.45) is -2.85. The Balaban J connectivity index is 0.000000161. The van der Waals surface area contributed by atoms with Gasteiger partial charge in [0.2, 0.25) is 0 Å². The van der Waals surface area contributed by atoms with Crippen LogP contribution in [0.4, 0.5) is 38.0 Å². The number of alkyl halides is 6. The van der Waals surface area contributed by atoms with Crippen molar-refractivity contribution in [1.29, 1.82) is 0 Å². The van der Waals surface area contributed by atoms with Gasteiger partial charge < -0.3 is 14.7 Å². The topological polar surface area (TPSA) is 64.5 Å². The summed E-state index contributed by atoms with van der Waals surface area (Å²) in [5, 5.41) is 1.50. The molecule has 0 saturated carbocycles. The van der Waals surface area contributed by atoms with Crippen LogP contribution in [-0.2, 0) is 19.4 Å². The largest absolute Gasteiger partial charge is 0.393 e. The first-order valence-corrected chi connectivity index (χ1v) is 21.3. The van der Waals surface area contributed by atoms with Gasteiger partial charge >= 0.3 is 12.4 Å². The monoisotopic (exact) mass is 830 g/mol. The Hall–Kier alpha value is -3.60. The van der Waals surface area contributed by atoms with Crippen molar-refractivity contribution in [2.75, 3.05) is 68.7 Å². The second-order valence-corrected chi connectivity index (χ2v) is 19.2. The number of likely N-dealkylation sites (tertiary alicyclic amines) is 2. The van der Waals surface area contributed by atoms with Crippen molar-refractivity contribution in [2.45, 2.75) is 71.3 Å². The maximum Gasteiger partial charge on any atom is 0.393 e. The molecule has 4 saturated heterocycles. The molecule has 0 bridgehead atoms. The number of thiophene rings is 2. The molecule has 0 radical (unpaired) electrons. The summed E-state index contributed by atoms with van der Waals surface area (Å²) in [6, 6.07) is 13.8. The zero-order valence-electron chi connectivity index (χ0n) is 32.2. The van der Waals surface area contributed by atoms with Crippen LogP contribution in [-0.4, -0.2) is 101 Å². The zero-order chi connectivity index (χ0) is 40.0. The lowest BCUT2D eigenvalue weighted by atomic mass is 9.71. The highest BCUT2D eigenvalue weighted by molar-refractivity contribution is 7.19. The molecular weight excluding hydrogens is 783 g/mol. The molecule has 57 heavy (non-hydrogen) atoms. The number of hydrogen-bond acceptors (Lipinski definition) is 10. The number of nitrogens with zero attached hydrogens (tertiary/aromatic N) is 8. The summed E-state index contributed by atoms with van der Waals surface area (Å²) < 4.78 is 76.5.